The van der Waals surface area contributed by atoms with Crippen molar-refractivity contribution in [3.63, 3.8) is 0 Å². The van der Waals surface area contributed by atoms with Crippen molar-refractivity contribution in [3.8, 4) is 11.5 Å². The van der Waals surface area contributed by atoms with Gasteiger partial charge in [-0.25, -0.2) is 0 Å². The van der Waals surface area contributed by atoms with Crippen LogP contribution in [0.15, 0.2) is 18.2 Å². The van der Waals surface area contributed by atoms with Gasteiger partial charge in [-0.05, 0) is 38.6 Å². The molecular weight excluding hydrogens is 202 g/mol. The first-order chi connectivity index (χ1) is 7.77. The molecule has 1 unspecified atom stereocenters. The largest absolute Gasteiger partial charge is 0.496 e. The molecule has 1 aromatic carbocycles. The van der Waals surface area contributed by atoms with Crippen LogP contribution in [0.5, 0.6) is 11.5 Å². The van der Waals surface area contributed by atoms with E-state index in [4.69, 9.17) is 9.47 Å². The van der Waals surface area contributed by atoms with Crippen LogP contribution in [0.3, 0.4) is 0 Å². The van der Waals surface area contributed by atoms with E-state index in [0.29, 0.717) is 6.04 Å². The predicted molar refractivity (Wildman–Crippen MR) is 64.2 cm³/mol. The highest BCUT2D eigenvalue weighted by atomic mass is 16.5. The molecule has 0 spiro atoms. The van der Waals surface area contributed by atoms with Crippen molar-refractivity contribution in [3.05, 3.63) is 23.8 Å². The summed E-state index contributed by atoms with van der Waals surface area (Å²) in [5.41, 5.74) is 1.19. The molecule has 2 rings (SSSR count). The third kappa shape index (κ3) is 1.87. The zero-order valence-electron chi connectivity index (χ0n) is 10.2. The molecule has 0 radical (unpaired) electrons. The van der Waals surface area contributed by atoms with E-state index in [1.54, 1.807) is 14.2 Å². The number of methoxy groups -OCH3 is 2. The van der Waals surface area contributed by atoms with E-state index in [0.717, 1.165) is 18.0 Å². The van der Waals surface area contributed by atoms with Crippen LogP contribution in [-0.2, 0) is 0 Å². The number of hydrogen-bond donors (Lipinski definition) is 0. The van der Waals surface area contributed by atoms with Crippen molar-refractivity contribution in [2.24, 2.45) is 0 Å². The second-order valence-electron chi connectivity index (χ2n) is 4.21. The fourth-order valence-corrected chi connectivity index (χ4v) is 2.48. The van der Waals surface area contributed by atoms with Gasteiger partial charge in [0.1, 0.15) is 11.5 Å². The maximum Gasteiger partial charge on any atom is 0.127 e. The van der Waals surface area contributed by atoms with Crippen LogP contribution in [0.1, 0.15) is 24.4 Å². The number of rotatable bonds is 3. The van der Waals surface area contributed by atoms with Crippen molar-refractivity contribution in [2.45, 2.75) is 18.9 Å². The number of benzene rings is 1. The Morgan fingerprint density at radius 1 is 1.19 bits per heavy atom. The van der Waals surface area contributed by atoms with Gasteiger partial charge in [-0.3, -0.25) is 4.90 Å². The van der Waals surface area contributed by atoms with Crippen molar-refractivity contribution in [1.29, 1.82) is 0 Å². The lowest BCUT2D eigenvalue weighted by Crippen LogP contribution is -2.18. The summed E-state index contributed by atoms with van der Waals surface area (Å²) in [4.78, 5) is 2.36. The fraction of sp³-hybridized carbons (Fsp3) is 0.538. The van der Waals surface area contributed by atoms with E-state index >= 15 is 0 Å². The monoisotopic (exact) mass is 221 g/mol. The van der Waals surface area contributed by atoms with Crippen LogP contribution in [0, 0.1) is 0 Å². The molecule has 1 aromatic rings. The first kappa shape index (κ1) is 11.3. The number of nitrogens with zero attached hydrogens (tertiary/aromatic N) is 1. The second-order valence-corrected chi connectivity index (χ2v) is 4.21. The van der Waals surface area contributed by atoms with Gasteiger partial charge in [0.05, 0.1) is 19.8 Å². The molecule has 1 saturated heterocycles. The molecule has 1 aliphatic heterocycles. The highest BCUT2D eigenvalue weighted by Crippen LogP contribution is 2.41. The molecule has 3 nitrogen and oxygen atoms in total. The van der Waals surface area contributed by atoms with E-state index in [9.17, 15) is 0 Å². The fourth-order valence-electron chi connectivity index (χ4n) is 2.48. The lowest BCUT2D eigenvalue weighted by atomic mass is 10.0. The Morgan fingerprint density at radius 2 is 1.81 bits per heavy atom. The van der Waals surface area contributed by atoms with Crippen molar-refractivity contribution in [1.82, 2.24) is 4.90 Å². The van der Waals surface area contributed by atoms with E-state index in [-0.39, 0.29) is 0 Å². The Morgan fingerprint density at radius 3 is 2.25 bits per heavy atom. The molecule has 1 atom stereocenters. The van der Waals surface area contributed by atoms with Crippen molar-refractivity contribution < 1.29 is 9.47 Å². The molecule has 1 fully saturated rings. The third-order valence-electron chi connectivity index (χ3n) is 3.32. The Balaban J connectivity index is 2.43. The zero-order chi connectivity index (χ0) is 11.5. The molecule has 0 bridgehead atoms. The maximum absolute atomic E-state index is 5.44. The summed E-state index contributed by atoms with van der Waals surface area (Å²) in [5.74, 6) is 1.86. The Bertz CT molecular complexity index is 343. The van der Waals surface area contributed by atoms with Crippen LogP contribution in [0.2, 0.25) is 0 Å². The minimum absolute atomic E-state index is 0.422. The highest BCUT2D eigenvalue weighted by molar-refractivity contribution is 5.47. The van der Waals surface area contributed by atoms with Gasteiger partial charge in [-0.1, -0.05) is 6.07 Å². The van der Waals surface area contributed by atoms with E-state index in [2.05, 4.69) is 11.9 Å². The van der Waals surface area contributed by atoms with Crippen molar-refractivity contribution in [2.75, 3.05) is 27.8 Å². The first-order valence-electron chi connectivity index (χ1n) is 5.69. The van der Waals surface area contributed by atoms with Gasteiger partial charge in [0.2, 0.25) is 0 Å². The summed E-state index contributed by atoms with van der Waals surface area (Å²) in [6, 6.07) is 6.40. The van der Waals surface area contributed by atoms with Gasteiger partial charge in [-0.2, -0.15) is 0 Å². The predicted octanol–water partition coefficient (Wildman–Crippen LogP) is 2.47. The molecule has 0 N–H and O–H groups in total. The summed E-state index contributed by atoms with van der Waals surface area (Å²) in [6.45, 7) is 1.14. The normalized spacial score (nSPS) is 21.1. The van der Waals surface area contributed by atoms with E-state index < -0.39 is 0 Å². The summed E-state index contributed by atoms with van der Waals surface area (Å²) in [5, 5.41) is 0. The van der Waals surface area contributed by atoms with Crippen LogP contribution in [0.4, 0.5) is 0 Å². The number of ether oxygens (including phenoxy) is 2. The van der Waals surface area contributed by atoms with Crippen LogP contribution >= 0.6 is 0 Å². The van der Waals surface area contributed by atoms with E-state index in [1.807, 2.05) is 18.2 Å². The van der Waals surface area contributed by atoms with Gasteiger partial charge in [0.25, 0.3) is 0 Å². The van der Waals surface area contributed by atoms with E-state index in [1.165, 1.54) is 18.4 Å². The topological polar surface area (TPSA) is 21.7 Å². The third-order valence-corrected chi connectivity index (χ3v) is 3.32. The van der Waals surface area contributed by atoms with Crippen LogP contribution < -0.4 is 9.47 Å². The quantitative estimate of drug-likeness (QED) is 0.782. The molecule has 88 valence electrons. The average Bonchev–Trinajstić information content (AvgIpc) is 2.74. The first-order valence-corrected chi connectivity index (χ1v) is 5.69. The smallest absolute Gasteiger partial charge is 0.127 e. The Labute approximate surface area is 97.0 Å². The molecule has 0 aliphatic carbocycles. The van der Waals surface area contributed by atoms with Gasteiger partial charge < -0.3 is 9.47 Å². The SMILES string of the molecule is COc1cccc(OC)c1C1CCCN1C. The maximum atomic E-state index is 5.44. The van der Waals surface area contributed by atoms with Crippen molar-refractivity contribution >= 4 is 0 Å². The molecule has 16 heavy (non-hydrogen) atoms. The van der Waals surface area contributed by atoms with Gasteiger partial charge in [-0.15, -0.1) is 0 Å². The molecule has 1 aliphatic rings. The number of likely N-dealkylation sites (tertiary alicyclic amines) is 1. The number of hydrogen-bond acceptors (Lipinski definition) is 3. The minimum atomic E-state index is 0.422. The lowest BCUT2D eigenvalue weighted by Gasteiger charge is -2.23. The summed E-state index contributed by atoms with van der Waals surface area (Å²) >= 11 is 0. The Hall–Kier alpha value is -1.22. The lowest BCUT2D eigenvalue weighted by molar-refractivity contribution is 0.293. The second kappa shape index (κ2) is 4.74. The van der Waals surface area contributed by atoms with Gasteiger partial charge >= 0.3 is 0 Å². The highest BCUT2D eigenvalue weighted by Gasteiger charge is 2.28. The van der Waals surface area contributed by atoms with Gasteiger partial charge in [0, 0.05) is 6.04 Å². The standard InChI is InChI=1S/C13H19NO2/c1-14-9-5-6-10(14)13-11(15-2)7-4-8-12(13)16-3/h4,7-8,10H,5-6,9H2,1-3H3. The summed E-state index contributed by atoms with van der Waals surface area (Å²) in [6.07, 6.45) is 2.41. The summed E-state index contributed by atoms with van der Waals surface area (Å²) in [7, 11) is 5.59. The van der Waals surface area contributed by atoms with Crippen LogP contribution in [-0.4, -0.2) is 32.7 Å². The summed E-state index contributed by atoms with van der Waals surface area (Å²) < 4.78 is 10.9. The minimum Gasteiger partial charge on any atom is -0.496 e. The molecule has 0 aromatic heterocycles. The molecule has 1 heterocycles. The molecule has 3 heteroatoms. The molecular formula is C13H19NO2. The van der Waals surface area contributed by atoms with Gasteiger partial charge in [0.15, 0.2) is 0 Å². The average molecular weight is 221 g/mol. The zero-order valence-corrected chi connectivity index (χ0v) is 10.2. The Kier molecular flexibility index (Phi) is 3.34. The van der Waals surface area contributed by atoms with Crippen LogP contribution in [0.25, 0.3) is 0 Å². The molecule has 0 amide bonds. The molecule has 0 saturated carbocycles.